The summed E-state index contributed by atoms with van der Waals surface area (Å²) in [5.41, 5.74) is 2.01. The summed E-state index contributed by atoms with van der Waals surface area (Å²) >= 11 is 1.29. The largest absolute Gasteiger partial charge is 0.356 e. The van der Waals surface area contributed by atoms with E-state index < -0.39 is 4.92 Å². The van der Waals surface area contributed by atoms with Gasteiger partial charge in [0.25, 0.3) is 5.69 Å². The number of nitrogens with zero attached hydrogens (tertiary/aromatic N) is 3. The van der Waals surface area contributed by atoms with E-state index in [-0.39, 0.29) is 5.69 Å². The second-order valence-corrected chi connectivity index (χ2v) is 5.32. The molecule has 0 saturated heterocycles. The molecular formula is C15H12N4O2S. The number of non-ortho nitro benzene ring substituents is 1. The van der Waals surface area contributed by atoms with Crippen LogP contribution in [0.25, 0.3) is 11.4 Å². The molecule has 1 N–H and O–H groups in total. The molecule has 22 heavy (non-hydrogen) atoms. The van der Waals surface area contributed by atoms with Crippen LogP contribution in [0.3, 0.4) is 0 Å². The van der Waals surface area contributed by atoms with Crippen molar-refractivity contribution in [1.82, 2.24) is 9.36 Å². The van der Waals surface area contributed by atoms with Gasteiger partial charge in [0.1, 0.15) is 0 Å². The van der Waals surface area contributed by atoms with Crippen molar-refractivity contribution < 1.29 is 4.92 Å². The number of nitro groups is 1. The quantitative estimate of drug-likeness (QED) is 0.573. The number of hydrogen-bond donors (Lipinski definition) is 1. The van der Waals surface area contributed by atoms with Crippen LogP contribution >= 0.6 is 11.5 Å². The lowest BCUT2D eigenvalue weighted by atomic mass is 10.2. The van der Waals surface area contributed by atoms with Gasteiger partial charge in [-0.05, 0) is 5.56 Å². The van der Waals surface area contributed by atoms with E-state index in [1.54, 1.807) is 12.1 Å². The third-order valence-corrected chi connectivity index (χ3v) is 3.72. The molecular weight excluding hydrogens is 300 g/mol. The van der Waals surface area contributed by atoms with Gasteiger partial charge in [0.2, 0.25) is 5.13 Å². The Morgan fingerprint density at radius 2 is 1.82 bits per heavy atom. The molecule has 0 aliphatic rings. The summed E-state index contributed by atoms with van der Waals surface area (Å²) in [5, 5.41) is 14.5. The lowest BCUT2D eigenvalue weighted by Crippen LogP contribution is -1.99. The topological polar surface area (TPSA) is 81.0 Å². The van der Waals surface area contributed by atoms with E-state index >= 15 is 0 Å². The SMILES string of the molecule is O=[N+]([O-])c1ccc(CNc2nc(-c3ccccc3)ns2)cc1. The fourth-order valence-electron chi connectivity index (χ4n) is 1.91. The molecule has 0 aliphatic carbocycles. The summed E-state index contributed by atoms with van der Waals surface area (Å²) in [5.74, 6) is 0.691. The van der Waals surface area contributed by atoms with Crippen molar-refractivity contribution in [2.75, 3.05) is 5.32 Å². The molecule has 0 radical (unpaired) electrons. The highest BCUT2D eigenvalue weighted by Crippen LogP contribution is 2.21. The molecule has 2 aromatic carbocycles. The highest BCUT2D eigenvalue weighted by molar-refractivity contribution is 7.09. The molecule has 0 saturated carbocycles. The Bertz CT molecular complexity index is 772. The van der Waals surface area contributed by atoms with Crippen LogP contribution in [0.5, 0.6) is 0 Å². The third-order valence-electron chi connectivity index (χ3n) is 3.05. The average Bonchev–Trinajstić information content (AvgIpc) is 3.03. The van der Waals surface area contributed by atoms with Gasteiger partial charge < -0.3 is 5.32 Å². The summed E-state index contributed by atoms with van der Waals surface area (Å²) < 4.78 is 4.31. The van der Waals surface area contributed by atoms with Crippen molar-refractivity contribution in [2.45, 2.75) is 6.54 Å². The molecule has 0 spiro atoms. The highest BCUT2D eigenvalue weighted by Gasteiger charge is 2.07. The molecule has 0 amide bonds. The summed E-state index contributed by atoms with van der Waals surface area (Å²) in [7, 11) is 0. The second-order valence-electron chi connectivity index (χ2n) is 4.57. The molecule has 0 atom stereocenters. The fourth-order valence-corrected chi connectivity index (χ4v) is 2.50. The number of benzene rings is 2. The van der Waals surface area contributed by atoms with Gasteiger partial charge in [-0.25, -0.2) is 0 Å². The zero-order chi connectivity index (χ0) is 15.4. The maximum absolute atomic E-state index is 10.6. The van der Waals surface area contributed by atoms with E-state index in [1.165, 1.54) is 23.7 Å². The van der Waals surface area contributed by atoms with Crippen molar-refractivity contribution in [3.05, 3.63) is 70.3 Å². The Morgan fingerprint density at radius 1 is 1.09 bits per heavy atom. The van der Waals surface area contributed by atoms with Crippen LogP contribution in [0.4, 0.5) is 10.8 Å². The van der Waals surface area contributed by atoms with Crippen LogP contribution in [0.2, 0.25) is 0 Å². The van der Waals surface area contributed by atoms with E-state index in [1.807, 2.05) is 30.3 Å². The Hall–Kier alpha value is -2.80. The predicted molar refractivity (Wildman–Crippen MR) is 85.8 cm³/mol. The minimum atomic E-state index is -0.409. The van der Waals surface area contributed by atoms with Gasteiger partial charge >= 0.3 is 0 Å². The predicted octanol–water partition coefficient (Wildman–Crippen LogP) is 3.73. The zero-order valence-electron chi connectivity index (χ0n) is 11.5. The van der Waals surface area contributed by atoms with Crippen LogP contribution in [0.15, 0.2) is 54.6 Å². The fraction of sp³-hybridized carbons (Fsp3) is 0.0667. The van der Waals surface area contributed by atoms with Crippen LogP contribution in [0.1, 0.15) is 5.56 Å². The van der Waals surface area contributed by atoms with E-state index in [9.17, 15) is 10.1 Å². The monoisotopic (exact) mass is 312 g/mol. The van der Waals surface area contributed by atoms with Crippen molar-refractivity contribution in [3.63, 3.8) is 0 Å². The summed E-state index contributed by atoms with van der Waals surface area (Å²) in [6.45, 7) is 0.543. The molecule has 1 aromatic heterocycles. The molecule has 110 valence electrons. The minimum Gasteiger partial charge on any atom is -0.356 e. The van der Waals surface area contributed by atoms with Crippen LogP contribution in [0, 0.1) is 10.1 Å². The van der Waals surface area contributed by atoms with Gasteiger partial charge in [-0.3, -0.25) is 10.1 Å². The lowest BCUT2D eigenvalue weighted by molar-refractivity contribution is -0.384. The molecule has 3 aromatic rings. The molecule has 1 heterocycles. The smallest absolute Gasteiger partial charge is 0.269 e. The minimum absolute atomic E-state index is 0.0889. The van der Waals surface area contributed by atoms with Crippen LogP contribution in [-0.4, -0.2) is 14.3 Å². The van der Waals surface area contributed by atoms with Crippen molar-refractivity contribution >= 4 is 22.4 Å². The first-order valence-corrected chi connectivity index (χ1v) is 7.36. The maximum atomic E-state index is 10.6. The number of nitrogens with one attached hydrogen (secondary N) is 1. The Labute approximate surface area is 130 Å². The standard InChI is InChI=1S/C15H12N4O2S/c20-19(21)13-8-6-11(7-9-13)10-16-15-17-14(18-22-15)12-4-2-1-3-5-12/h1-9H,10H2,(H,16,17,18). The molecule has 7 heteroatoms. The van der Waals surface area contributed by atoms with Crippen molar-refractivity contribution in [3.8, 4) is 11.4 Å². The van der Waals surface area contributed by atoms with E-state index in [0.29, 0.717) is 12.4 Å². The number of aromatic nitrogens is 2. The van der Waals surface area contributed by atoms with Crippen molar-refractivity contribution in [1.29, 1.82) is 0 Å². The molecule has 6 nitrogen and oxygen atoms in total. The molecule has 0 unspecified atom stereocenters. The van der Waals surface area contributed by atoms with Gasteiger partial charge in [-0.1, -0.05) is 42.5 Å². The number of nitro benzene ring substituents is 1. The average molecular weight is 312 g/mol. The molecule has 0 aliphatic heterocycles. The van der Waals surface area contributed by atoms with Gasteiger partial charge in [-0.15, -0.1) is 0 Å². The summed E-state index contributed by atoms with van der Waals surface area (Å²) in [6, 6.07) is 16.2. The Balaban J connectivity index is 1.65. The molecule has 0 fully saturated rings. The Morgan fingerprint density at radius 3 is 2.50 bits per heavy atom. The second kappa shape index (κ2) is 6.31. The van der Waals surface area contributed by atoms with E-state index in [2.05, 4.69) is 14.7 Å². The van der Waals surface area contributed by atoms with Crippen LogP contribution in [-0.2, 0) is 6.54 Å². The van der Waals surface area contributed by atoms with Gasteiger partial charge in [0.15, 0.2) is 5.82 Å². The first-order chi connectivity index (χ1) is 10.7. The summed E-state index contributed by atoms with van der Waals surface area (Å²) in [4.78, 5) is 14.6. The van der Waals surface area contributed by atoms with Gasteiger partial charge in [0.05, 0.1) is 4.92 Å². The first kappa shape index (κ1) is 14.2. The number of rotatable bonds is 5. The third kappa shape index (κ3) is 3.26. The summed E-state index contributed by atoms with van der Waals surface area (Å²) in [6.07, 6.45) is 0. The lowest BCUT2D eigenvalue weighted by Gasteiger charge is -2.01. The normalized spacial score (nSPS) is 10.4. The number of anilines is 1. The zero-order valence-corrected chi connectivity index (χ0v) is 12.3. The molecule has 0 bridgehead atoms. The van der Waals surface area contributed by atoms with E-state index in [0.717, 1.165) is 16.3 Å². The van der Waals surface area contributed by atoms with E-state index in [4.69, 9.17) is 0 Å². The highest BCUT2D eigenvalue weighted by atomic mass is 32.1. The maximum Gasteiger partial charge on any atom is 0.269 e. The van der Waals surface area contributed by atoms with Crippen molar-refractivity contribution in [2.24, 2.45) is 0 Å². The van der Waals surface area contributed by atoms with Crippen LogP contribution < -0.4 is 5.32 Å². The number of hydrogen-bond acceptors (Lipinski definition) is 6. The molecule has 3 rings (SSSR count). The Kier molecular flexibility index (Phi) is 4.06. The van der Waals surface area contributed by atoms with Gasteiger partial charge in [-0.2, -0.15) is 9.36 Å². The first-order valence-electron chi connectivity index (χ1n) is 6.59. The van der Waals surface area contributed by atoms with Gasteiger partial charge in [0, 0.05) is 35.8 Å².